The van der Waals surface area contributed by atoms with Gasteiger partial charge in [-0.1, -0.05) is 40.7 Å². The molecule has 11 rings (SSSR count). The van der Waals surface area contributed by atoms with Crippen LogP contribution in [0, 0.1) is 50.7 Å². The Kier molecular flexibility index (Phi) is 14.9. The van der Waals surface area contributed by atoms with Crippen molar-refractivity contribution in [1.82, 2.24) is 0 Å². The lowest BCUT2D eigenvalue weighted by Gasteiger charge is -2.63. The Labute approximate surface area is 459 Å². The minimum atomic E-state index is -1.99. The summed E-state index contributed by atoms with van der Waals surface area (Å²) in [5.74, 6) is -1.85. The van der Waals surface area contributed by atoms with Gasteiger partial charge in [-0.15, -0.1) is 0 Å². The molecule has 5 saturated heterocycles. The molecule has 22 heteroatoms. The van der Waals surface area contributed by atoms with Gasteiger partial charge in [0.1, 0.15) is 86.0 Å². The van der Waals surface area contributed by atoms with Crippen LogP contribution in [-0.2, 0) is 47.4 Å². The summed E-state index contributed by atoms with van der Waals surface area (Å²) in [6, 6.07) is 4.43. The number of phenolic OH excluding ortho intramolecular Hbond substituents is 1. The van der Waals surface area contributed by atoms with Gasteiger partial charge in [-0.3, -0.25) is 0 Å². The highest BCUT2D eigenvalue weighted by Crippen LogP contribution is 2.89. The number of hydrogen-bond acceptors (Lipinski definition) is 22. The van der Waals surface area contributed by atoms with E-state index in [1.807, 2.05) is 0 Å². The third kappa shape index (κ3) is 8.81. The average molecular weight is 1120 g/mol. The van der Waals surface area contributed by atoms with Crippen molar-refractivity contribution in [1.29, 1.82) is 0 Å². The summed E-state index contributed by atoms with van der Waals surface area (Å²) in [6.07, 6.45) is -16.6. The molecule has 0 radical (unpaired) electrons. The maximum absolute atomic E-state index is 12.7. The zero-order valence-electron chi connectivity index (χ0n) is 46.3. The molecular formula is C57H84O22. The molecule has 444 valence electrons. The van der Waals surface area contributed by atoms with Gasteiger partial charge in [0.05, 0.1) is 38.1 Å². The number of ether oxygens (including phenoxy) is 10. The molecule has 10 aliphatic rings. The minimum Gasteiger partial charge on any atom is -0.504 e. The third-order valence-corrected chi connectivity index (χ3v) is 22.2. The van der Waals surface area contributed by atoms with Crippen molar-refractivity contribution in [2.24, 2.45) is 50.7 Å². The number of aromatic hydroxyl groups is 1. The molecule has 0 unspecified atom stereocenters. The molecule has 5 aliphatic carbocycles. The molecule has 0 aromatic heterocycles. The molecule has 0 bridgehead atoms. The van der Waals surface area contributed by atoms with Gasteiger partial charge in [0.2, 0.25) is 5.79 Å². The maximum atomic E-state index is 12.7. The van der Waals surface area contributed by atoms with Gasteiger partial charge >= 0.3 is 5.97 Å². The number of esters is 1. The lowest BCUT2D eigenvalue weighted by molar-refractivity contribution is -0.392. The first-order valence-corrected chi connectivity index (χ1v) is 28.4. The molecule has 79 heavy (non-hydrogen) atoms. The van der Waals surface area contributed by atoms with Crippen LogP contribution in [-0.4, -0.2) is 211 Å². The number of rotatable bonds is 12. The molecule has 0 amide bonds. The van der Waals surface area contributed by atoms with E-state index in [4.69, 9.17) is 47.4 Å². The predicted octanol–water partition coefficient (Wildman–Crippen LogP) is 0.748. The summed E-state index contributed by atoms with van der Waals surface area (Å²) in [7, 11) is 1.39. The number of hydrogen-bond donors (Lipinski definition) is 11. The van der Waals surface area contributed by atoms with E-state index in [1.54, 1.807) is 19.9 Å². The standard InChI is InChI=1S/C57H84O22/c1-25-37-30(78-57(69)46(25)79-52(4,5)50(57)68)20-54(7)34-13-12-33-51(2,3)35(15-16-55(33)24-56(34,55)18-17-53(37,54)6)75-48-44(38(62)28(60)22-72-48)77-49-45(42(66)39(63)31(21-58)73-49)76-47-43(67)41(65)40(64)32(74-47)23-71-36(61)14-10-26-9-11-29(70-8)27(59)19-26/h9-11,14,19,25,28,30-35,37-50,58-60,62-69H,12-13,15-18,20-24H2,1-8H3/b14-10+/t25-,28+,30-,31+,32+,33+,34-,35+,37-,38-,39+,40+,41-,42-,43+,44+,45+,46+,47+,48+,49+,50-,53+,54-,55+,56-,57-/m0/s1. The molecular weight excluding hydrogens is 1040 g/mol. The summed E-state index contributed by atoms with van der Waals surface area (Å²) in [5.41, 5.74) is -0.986. The highest BCUT2D eigenvalue weighted by Gasteiger charge is 2.84. The second-order valence-electron chi connectivity index (χ2n) is 26.6. The number of fused-ring (bicyclic) bond motifs is 5. The van der Waals surface area contributed by atoms with Crippen LogP contribution in [0.25, 0.3) is 6.08 Å². The summed E-state index contributed by atoms with van der Waals surface area (Å²) < 4.78 is 60.7. The highest BCUT2D eigenvalue weighted by molar-refractivity contribution is 5.87. The van der Waals surface area contributed by atoms with Crippen molar-refractivity contribution in [2.75, 3.05) is 26.9 Å². The number of aliphatic hydroxyl groups is 10. The van der Waals surface area contributed by atoms with Crippen molar-refractivity contribution in [3.63, 3.8) is 0 Å². The summed E-state index contributed by atoms with van der Waals surface area (Å²) in [4.78, 5) is 12.7. The van der Waals surface area contributed by atoms with Crippen molar-refractivity contribution < 1.29 is 108 Å². The smallest absolute Gasteiger partial charge is 0.330 e. The Hall–Kier alpha value is -2.69. The molecule has 5 saturated carbocycles. The second-order valence-corrected chi connectivity index (χ2v) is 26.6. The van der Waals surface area contributed by atoms with Crippen molar-refractivity contribution >= 4 is 12.0 Å². The SMILES string of the molecule is COc1ccc(/C=C/C(=O)OC[C@H]2O[C@H](O[C@H]3[C@@H](O[C@H]4[C@@H](O[C@@H]5CC[C@]67C[C@]68CC[C@]6(C)[C@H]9[C@H](C)[C@H]%10OC(C)(C)[C@H](O)[C@@]%10(O)O[C@H]9C[C@@]6(C)[C@@H]8CC[C@@H]7C5(C)C)OC[C@@H](O)[C@@H]4O)O[C@H](CO)[C@@H](O)[C@@H]3O)[C@H](O)[C@@H](O)[C@@H]2O)cc1O. The number of carbonyl (C=O) groups excluding carboxylic acids is 1. The Morgan fingerprint density at radius 2 is 1.42 bits per heavy atom. The van der Waals surface area contributed by atoms with Crippen LogP contribution < -0.4 is 4.74 Å². The van der Waals surface area contributed by atoms with E-state index in [2.05, 4.69) is 34.6 Å². The minimum absolute atomic E-state index is 0.0389. The van der Waals surface area contributed by atoms with Crippen LogP contribution in [0.4, 0.5) is 0 Å². The maximum Gasteiger partial charge on any atom is 0.330 e. The molecule has 5 aliphatic heterocycles. The molecule has 27 atom stereocenters. The fourth-order valence-electron chi connectivity index (χ4n) is 18.0. The lowest BCUT2D eigenvalue weighted by Crippen LogP contribution is -2.66. The van der Waals surface area contributed by atoms with Gasteiger partial charge < -0.3 is 104 Å². The third-order valence-electron chi connectivity index (χ3n) is 22.2. The fourth-order valence-corrected chi connectivity index (χ4v) is 18.0. The zero-order valence-corrected chi connectivity index (χ0v) is 46.3. The highest BCUT2D eigenvalue weighted by atomic mass is 16.8. The predicted molar refractivity (Wildman–Crippen MR) is 272 cm³/mol. The Morgan fingerprint density at radius 1 is 0.747 bits per heavy atom. The van der Waals surface area contributed by atoms with E-state index in [-0.39, 0.29) is 63.6 Å². The van der Waals surface area contributed by atoms with Gasteiger partial charge in [0, 0.05) is 6.08 Å². The van der Waals surface area contributed by atoms with Crippen LogP contribution in [0.1, 0.15) is 105 Å². The molecule has 5 heterocycles. The summed E-state index contributed by atoms with van der Waals surface area (Å²) >= 11 is 0. The van der Waals surface area contributed by atoms with Crippen LogP contribution in [0.3, 0.4) is 0 Å². The first-order chi connectivity index (χ1) is 37.1. The summed E-state index contributed by atoms with van der Waals surface area (Å²) in [5, 5.41) is 122. The van der Waals surface area contributed by atoms with E-state index in [0.717, 1.165) is 51.0 Å². The number of benzene rings is 1. The zero-order chi connectivity index (χ0) is 56.9. The Bertz CT molecular complexity index is 2460. The quantitative estimate of drug-likeness (QED) is 0.0781. The molecule has 22 nitrogen and oxygen atoms in total. The van der Waals surface area contributed by atoms with Crippen LogP contribution in [0.5, 0.6) is 11.5 Å². The van der Waals surface area contributed by atoms with Crippen LogP contribution >= 0.6 is 0 Å². The van der Waals surface area contributed by atoms with Gasteiger partial charge in [-0.2, -0.15) is 0 Å². The number of carbonyl (C=O) groups is 1. The molecule has 10 fully saturated rings. The largest absolute Gasteiger partial charge is 0.504 e. The average Bonchev–Trinajstić information content (AvgIpc) is 1.64. The number of aliphatic hydroxyl groups excluding tert-OH is 9. The fraction of sp³-hybridized carbons (Fsp3) is 0.842. The monoisotopic (exact) mass is 1120 g/mol. The Morgan fingerprint density at radius 3 is 2.13 bits per heavy atom. The summed E-state index contributed by atoms with van der Waals surface area (Å²) in [6.45, 7) is 13.3. The van der Waals surface area contributed by atoms with E-state index >= 15 is 0 Å². The van der Waals surface area contributed by atoms with Gasteiger partial charge in [-0.25, -0.2) is 4.79 Å². The molecule has 11 N–H and O–H groups in total. The van der Waals surface area contributed by atoms with Crippen molar-refractivity contribution in [2.45, 2.75) is 222 Å². The van der Waals surface area contributed by atoms with Crippen LogP contribution in [0.15, 0.2) is 24.3 Å². The van der Waals surface area contributed by atoms with E-state index < -0.39 is 140 Å². The Balaban J connectivity index is 0.777. The normalized spacial score (nSPS) is 52.2. The first-order valence-electron chi connectivity index (χ1n) is 28.4. The van der Waals surface area contributed by atoms with Crippen LogP contribution in [0.2, 0.25) is 0 Å². The first kappa shape index (κ1) is 58.1. The van der Waals surface area contributed by atoms with E-state index in [0.29, 0.717) is 17.9 Å². The van der Waals surface area contributed by atoms with Crippen molar-refractivity contribution in [3.8, 4) is 11.5 Å². The number of phenols is 1. The molecule has 2 spiro atoms. The molecule has 1 aromatic rings. The topological polar surface area (TPSA) is 332 Å². The van der Waals surface area contributed by atoms with Gasteiger partial charge in [0.25, 0.3) is 0 Å². The molecule has 1 aromatic carbocycles. The van der Waals surface area contributed by atoms with E-state index in [1.165, 1.54) is 25.3 Å². The van der Waals surface area contributed by atoms with Gasteiger partial charge in [-0.05, 0) is 140 Å². The number of methoxy groups -OCH3 is 1. The van der Waals surface area contributed by atoms with Crippen molar-refractivity contribution in [3.05, 3.63) is 29.8 Å². The van der Waals surface area contributed by atoms with E-state index in [9.17, 15) is 61.0 Å². The lowest BCUT2D eigenvalue weighted by atomic mass is 9.41. The second kappa shape index (κ2) is 20.2. The van der Waals surface area contributed by atoms with Gasteiger partial charge in [0.15, 0.2) is 30.4 Å².